The summed E-state index contributed by atoms with van der Waals surface area (Å²) < 4.78 is 1.83. The summed E-state index contributed by atoms with van der Waals surface area (Å²) in [6.07, 6.45) is 1.52. The molecule has 1 aromatic heterocycles. The van der Waals surface area contributed by atoms with Gasteiger partial charge in [0.2, 0.25) is 4.77 Å². The van der Waals surface area contributed by atoms with Crippen LogP contribution >= 0.6 is 23.8 Å². The molecule has 5 nitrogen and oxygen atoms in total. The summed E-state index contributed by atoms with van der Waals surface area (Å²) in [5.41, 5.74) is 1.37. The van der Waals surface area contributed by atoms with Gasteiger partial charge in [0.15, 0.2) is 5.82 Å². The Morgan fingerprint density at radius 3 is 2.82 bits per heavy atom. The number of H-pyrrole nitrogens is 1. The number of benzene rings is 2. The van der Waals surface area contributed by atoms with Crippen LogP contribution in [0.3, 0.4) is 0 Å². The first-order valence-corrected chi connectivity index (χ1v) is 7.19. The highest BCUT2D eigenvalue weighted by Gasteiger charge is 2.08. The quantitative estimate of drug-likeness (QED) is 0.566. The van der Waals surface area contributed by atoms with Crippen LogP contribution in [-0.4, -0.2) is 26.2 Å². The first-order chi connectivity index (χ1) is 10.6. The van der Waals surface area contributed by atoms with Gasteiger partial charge in [-0.05, 0) is 36.5 Å². The van der Waals surface area contributed by atoms with Crippen LogP contribution in [0.15, 0.2) is 53.6 Å². The molecule has 0 radical (unpaired) electrons. The number of para-hydroxylation sites is 1. The van der Waals surface area contributed by atoms with E-state index in [9.17, 15) is 5.11 Å². The Hall–Kier alpha value is -2.44. The zero-order valence-electron chi connectivity index (χ0n) is 11.3. The monoisotopic (exact) mass is 330 g/mol. The van der Waals surface area contributed by atoms with Crippen molar-refractivity contribution in [3.8, 4) is 17.1 Å². The number of phenolic OH excluding ortho intramolecular Hbond substituents is 1. The average Bonchev–Trinajstić information content (AvgIpc) is 2.87. The zero-order valence-corrected chi connectivity index (χ0v) is 12.8. The van der Waals surface area contributed by atoms with Gasteiger partial charge in [-0.3, -0.25) is 0 Å². The predicted molar refractivity (Wildman–Crippen MR) is 89.0 cm³/mol. The third kappa shape index (κ3) is 2.93. The lowest BCUT2D eigenvalue weighted by molar-refractivity contribution is 0.474. The van der Waals surface area contributed by atoms with Crippen LogP contribution in [0.5, 0.6) is 5.75 Å². The summed E-state index contributed by atoms with van der Waals surface area (Å²) in [7, 11) is 0. The van der Waals surface area contributed by atoms with Crippen LogP contribution in [0.1, 0.15) is 5.56 Å². The van der Waals surface area contributed by atoms with Crippen molar-refractivity contribution < 1.29 is 5.11 Å². The molecular formula is C15H11ClN4OS. The van der Waals surface area contributed by atoms with E-state index in [0.29, 0.717) is 21.2 Å². The van der Waals surface area contributed by atoms with Gasteiger partial charge < -0.3 is 5.11 Å². The number of aromatic amines is 1. The van der Waals surface area contributed by atoms with Gasteiger partial charge in [-0.2, -0.15) is 14.9 Å². The summed E-state index contributed by atoms with van der Waals surface area (Å²) in [6, 6.07) is 14.1. The van der Waals surface area contributed by atoms with Gasteiger partial charge in [0.25, 0.3) is 0 Å². The van der Waals surface area contributed by atoms with Crippen molar-refractivity contribution in [2.45, 2.75) is 0 Å². The molecule has 3 aromatic rings. The lowest BCUT2D eigenvalue weighted by Crippen LogP contribution is -1.95. The van der Waals surface area contributed by atoms with Crippen molar-refractivity contribution in [1.29, 1.82) is 0 Å². The molecule has 0 aliphatic carbocycles. The second-order valence-electron chi connectivity index (χ2n) is 4.48. The van der Waals surface area contributed by atoms with Crippen LogP contribution in [-0.2, 0) is 0 Å². The fourth-order valence-corrected chi connectivity index (χ4v) is 2.30. The van der Waals surface area contributed by atoms with Crippen LogP contribution in [0.2, 0.25) is 5.02 Å². The highest BCUT2D eigenvalue weighted by atomic mass is 35.5. The van der Waals surface area contributed by atoms with E-state index in [4.69, 9.17) is 23.8 Å². The summed E-state index contributed by atoms with van der Waals surface area (Å²) >= 11 is 11.2. The number of aromatic hydroxyl groups is 1. The molecule has 0 bridgehead atoms. The van der Waals surface area contributed by atoms with Crippen LogP contribution in [0, 0.1) is 4.77 Å². The molecule has 2 N–H and O–H groups in total. The Balaban J connectivity index is 2.04. The number of nitrogens with zero attached hydrogens (tertiary/aromatic N) is 3. The Labute approximate surface area is 136 Å². The standard InChI is InChI=1S/C15H11ClN4OS/c16-12-6-3-5-10(8-12)14-18-19-15(22)20(14)17-9-11-4-1-2-7-13(11)21/h1-9,21H,(H,19,22)/b17-9+. The zero-order chi connectivity index (χ0) is 15.5. The second kappa shape index (κ2) is 6.13. The van der Waals surface area contributed by atoms with Crippen molar-refractivity contribution in [2.75, 3.05) is 0 Å². The fourth-order valence-electron chi connectivity index (χ4n) is 1.93. The van der Waals surface area contributed by atoms with Gasteiger partial charge in [0, 0.05) is 16.1 Å². The fraction of sp³-hybridized carbons (Fsp3) is 0. The Bertz CT molecular complexity index is 900. The Kier molecular flexibility index (Phi) is 4.04. The van der Waals surface area contributed by atoms with E-state index in [1.54, 1.807) is 30.3 Å². The van der Waals surface area contributed by atoms with Crippen LogP contribution < -0.4 is 0 Å². The molecule has 0 fully saturated rings. The normalized spacial score (nSPS) is 11.1. The molecule has 22 heavy (non-hydrogen) atoms. The van der Waals surface area contributed by atoms with E-state index in [2.05, 4.69) is 15.3 Å². The van der Waals surface area contributed by atoms with Gasteiger partial charge in [0.05, 0.1) is 6.21 Å². The molecular weight excluding hydrogens is 320 g/mol. The van der Waals surface area contributed by atoms with Crippen LogP contribution in [0.4, 0.5) is 0 Å². The highest BCUT2D eigenvalue weighted by molar-refractivity contribution is 7.71. The van der Waals surface area contributed by atoms with Gasteiger partial charge in [-0.15, -0.1) is 0 Å². The number of nitrogens with one attached hydrogen (secondary N) is 1. The van der Waals surface area contributed by atoms with E-state index in [-0.39, 0.29) is 5.75 Å². The van der Waals surface area contributed by atoms with Gasteiger partial charge in [-0.25, -0.2) is 5.10 Å². The third-order valence-corrected chi connectivity index (χ3v) is 3.48. The van der Waals surface area contributed by atoms with Crippen molar-refractivity contribution in [3.05, 3.63) is 63.9 Å². The molecule has 0 saturated heterocycles. The summed E-state index contributed by atoms with van der Waals surface area (Å²) in [4.78, 5) is 0. The number of aromatic nitrogens is 3. The van der Waals surface area contributed by atoms with Crippen molar-refractivity contribution >= 4 is 30.0 Å². The van der Waals surface area contributed by atoms with Crippen molar-refractivity contribution in [2.24, 2.45) is 5.10 Å². The Morgan fingerprint density at radius 2 is 2.05 bits per heavy atom. The van der Waals surface area contributed by atoms with Gasteiger partial charge in [-0.1, -0.05) is 35.9 Å². The average molecular weight is 331 g/mol. The number of halogens is 1. The molecule has 2 aromatic carbocycles. The van der Waals surface area contributed by atoms with Gasteiger partial charge >= 0.3 is 0 Å². The van der Waals surface area contributed by atoms with E-state index >= 15 is 0 Å². The molecule has 0 aliphatic heterocycles. The molecule has 3 rings (SSSR count). The maximum atomic E-state index is 9.76. The lowest BCUT2D eigenvalue weighted by atomic mass is 10.2. The molecule has 0 aliphatic rings. The number of rotatable bonds is 3. The number of hydrogen-bond donors (Lipinski definition) is 2. The van der Waals surface area contributed by atoms with E-state index in [1.807, 2.05) is 18.2 Å². The first kappa shape index (κ1) is 14.5. The van der Waals surface area contributed by atoms with Crippen molar-refractivity contribution in [3.63, 3.8) is 0 Å². The summed E-state index contributed by atoms with van der Waals surface area (Å²) in [5.74, 6) is 0.685. The molecule has 7 heteroatoms. The van der Waals surface area contributed by atoms with Crippen LogP contribution in [0.25, 0.3) is 11.4 Å². The lowest BCUT2D eigenvalue weighted by Gasteiger charge is -2.02. The third-order valence-electron chi connectivity index (χ3n) is 2.98. The minimum atomic E-state index is 0.144. The highest BCUT2D eigenvalue weighted by Crippen LogP contribution is 2.21. The molecule has 0 unspecified atom stereocenters. The van der Waals surface area contributed by atoms with E-state index in [0.717, 1.165) is 5.56 Å². The molecule has 110 valence electrons. The SMILES string of the molecule is Oc1ccccc1/C=N/n1c(-c2cccc(Cl)c2)n[nH]c1=S. The molecule has 1 heterocycles. The molecule has 0 amide bonds. The minimum absolute atomic E-state index is 0.144. The predicted octanol–water partition coefficient (Wildman–Crippen LogP) is 3.85. The number of phenols is 1. The second-order valence-corrected chi connectivity index (χ2v) is 5.30. The number of hydrogen-bond acceptors (Lipinski definition) is 4. The maximum absolute atomic E-state index is 9.76. The maximum Gasteiger partial charge on any atom is 0.216 e. The van der Waals surface area contributed by atoms with E-state index in [1.165, 1.54) is 10.9 Å². The van der Waals surface area contributed by atoms with E-state index < -0.39 is 0 Å². The smallest absolute Gasteiger partial charge is 0.216 e. The molecule has 0 atom stereocenters. The summed E-state index contributed by atoms with van der Waals surface area (Å²) in [5, 5.41) is 21.5. The Morgan fingerprint density at radius 1 is 1.23 bits per heavy atom. The minimum Gasteiger partial charge on any atom is -0.507 e. The largest absolute Gasteiger partial charge is 0.507 e. The first-order valence-electron chi connectivity index (χ1n) is 6.41. The topological polar surface area (TPSA) is 66.2 Å². The molecule has 0 saturated carbocycles. The van der Waals surface area contributed by atoms with Gasteiger partial charge in [0.1, 0.15) is 5.75 Å². The molecule has 0 spiro atoms. The summed E-state index contributed by atoms with van der Waals surface area (Å²) in [6.45, 7) is 0. The van der Waals surface area contributed by atoms with Crippen molar-refractivity contribution in [1.82, 2.24) is 14.9 Å².